The zero-order chi connectivity index (χ0) is 13.1. The van der Waals surface area contributed by atoms with Crippen LogP contribution in [0.25, 0.3) is 0 Å². The zero-order valence-corrected chi connectivity index (χ0v) is 12.2. The van der Waals surface area contributed by atoms with Gasteiger partial charge in [0.15, 0.2) is 5.79 Å². The largest absolute Gasteiger partial charge is 0.348 e. The second-order valence-corrected chi connectivity index (χ2v) is 6.28. The number of likely N-dealkylation sites (N-methyl/N-ethyl adjacent to an activating group) is 1. The molecule has 2 saturated heterocycles. The van der Waals surface area contributed by atoms with Gasteiger partial charge in [0.05, 0.1) is 13.2 Å². The van der Waals surface area contributed by atoms with E-state index in [1.807, 2.05) is 0 Å². The van der Waals surface area contributed by atoms with Gasteiger partial charge in [-0.15, -0.1) is 0 Å². The fourth-order valence-corrected chi connectivity index (χ4v) is 3.82. The Morgan fingerprint density at radius 3 is 2.53 bits per heavy atom. The maximum absolute atomic E-state index is 5.80. The minimum atomic E-state index is -0.208. The van der Waals surface area contributed by atoms with Crippen molar-refractivity contribution in [3.8, 4) is 0 Å². The van der Waals surface area contributed by atoms with E-state index in [0.717, 1.165) is 26.1 Å². The predicted molar refractivity (Wildman–Crippen MR) is 75.2 cm³/mol. The molecule has 19 heavy (non-hydrogen) atoms. The summed E-state index contributed by atoms with van der Waals surface area (Å²) in [5.41, 5.74) is 0. The van der Waals surface area contributed by atoms with Crippen LogP contribution < -0.4 is 5.32 Å². The molecule has 110 valence electrons. The summed E-state index contributed by atoms with van der Waals surface area (Å²) in [6.07, 6.45) is 7.20. The quantitative estimate of drug-likeness (QED) is 0.845. The molecule has 3 aliphatic rings. The first kappa shape index (κ1) is 13.8. The molecule has 2 heterocycles. The van der Waals surface area contributed by atoms with Crippen molar-refractivity contribution in [2.45, 2.75) is 63.3 Å². The molecule has 3 fully saturated rings. The Labute approximate surface area is 116 Å². The van der Waals surface area contributed by atoms with Crippen molar-refractivity contribution in [1.29, 1.82) is 0 Å². The molecule has 1 spiro atoms. The number of ether oxygens (including phenoxy) is 2. The van der Waals surface area contributed by atoms with Crippen LogP contribution >= 0.6 is 0 Å². The lowest BCUT2D eigenvalue weighted by Gasteiger charge is -2.39. The van der Waals surface area contributed by atoms with Gasteiger partial charge in [0.25, 0.3) is 0 Å². The Bertz CT molecular complexity index is 282. The third kappa shape index (κ3) is 3.30. The monoisotopic (exact) mass is 268 g/mol. The molecular weight excluding hydrogens is 240 g/mol. The second-order valence-electron chi connectivity index (χ2n) is 6.28. The number of nitrogens with zero attached hydrogens (tertiary/aromatic N) is 1. The van der Waals surface area contributed by atoms with Crippen molar-refractivity contribution in [2.24, 2.45) is 0 Å². The van der Waals surface area contributed by atoms with Crippen molar-refractivity contribution in [3.05, 3.63) is 0 Å². The van der Waals surface area contributed by atoms with Gasteiger partial charge < -0.3 is 19.7 Å². The van der Waals surface area contributed by atoms with Gasteiger partial charge in [0, 0.05) is 31.5 Å². The van der Waals surface area contributed by atoms with Gasteiger partial charge in [-0.2, -0.15) is 0 Å². The first-order valence-corrected chi connectivity index (χ1v) is 8.06. The van der Waals surface area contributed by atoms with Crippen LogP contribution in [0.2, 0.25) is 0 Å². The molecule has 0 radical (unpaired) electrons. The SMILES string of the molecule is CCN1CCCC(NC2CCC3(CC2)OCCO3)C1. The van der Waals surface area contributed by atoms with Crippen molar-refractivity contribution in [3.63, 3.8) is 0 Å². The maximum atomic E-state index is 5.80. The summed E-state index contributed by atoms with van der Waals surface area (Å²) in [5, 5.41) is 3.88. The minimum Gasteiger partial charge on any atom is -0.348 e. The van der Waals surface area contributed by atoms with E-state index in [1.54, 1.807) is 0 Å². The highest BCUT2D eigenvalue weighted by Gasteiger charge is 2.40. The Hall–Kier alpha value is -0.160. The standard InChI is InChI=1S/C15H28N2O2/c1-2-17-9-3-4-14(12-17)16-13-5-7-15(8-6-13)18-10-11-19-15/h13-14,16H,2-12H2,1H3. The van der Waals surface area contributed by atoms with Gasteiger partial charge >= 0.3 is 0 Å². The van der Waals surface area contributed by atoms with E-state index in [-0.39, 0.29) is 5.79 Å². The van der Waals surface area contributed by atoms with E-state index < -0.39 is 0 Å². The Balaban J connectivity index is 1.44. The van der Waals surface area contributed by atoms with Gasteiger partial charge in [-0.1, -0.05) is 6.92 Å². The van der Waals surface area contributed by atoms with Crippen molar-refractivity contribution >= 4 is 0 Å². The van der Waals surface area contributed by atoms with Gasteiger partial charge in [0.1, 0.15) is 0 Å². The van der Waals surface area contributed by atoms with Crippen LogP contribution in [0.1, 0.15) is 45.4 Å². The van der Waals surface area contributed by atoms with Gasteiger partial charge in [-0.05, 0) is 38.8 Å². The highest BCUT2D eigenvalue weighted by molar-refractivity contribution is 4.88. The van der Waals surface area contributed by atoms with Gasteiger partial charge in [-0.3, -0.25) is 0 Å². The lowest BCUT2D eigenvalue weighted by molar-refractivity contribution is -0.179. The van der Waals surface area contributed by atoms with E-state index in [9.17, 15) is 0 Å². The molecule has 4 heteroatoms. The Kier molecular flexibility index (Phi) is 4.42. The zero-order valence-electron chi connectivity index (χ0n) is 12.2. The first-order valence-electron chi connectivity index (χ1n) is 8.06. The number of hydrogen-bond donors (Lipinski definition) is 1. The molecule has 3 rings (SSSR count). The molecule has 2 aliphatic heterocycles. The van der Waals surface area contributed by atoms with E-state index in [2.05, 4.69) is 17.1 Å². The fourth-order valence-electron chi connectivity index (χ4n) is 3.82. The van der Waals surface area contributed by atoms with E-state index in [0.29, 0.717) is 12.1 Å². The number of hydrogen-bond acceptors (Lipinski definition) is 4. The number of likely N-dealkylation sites (tertiary alicyclic amines) is 1. The fraction of sp³-hybridized carbons (Fsp3) is 1.00. The summed E-state index contributed by atoms with van der Waals surface area (Å²) in [5.74, 6) is -0.208. The molecule has 1 unspecified atom stereocenters. The third-order valence-corrected chi connectivity index (χ3v) is 4.99. The molecule has 0 aromatic heterocycles. The first-order chi connectivity index (χ1) is 9.30. The molecule has 0 aromatic carbocycles. The molecule has 1 saturated carbocycles. The van der Waals surface area contributed by atoms with Crippen LogP contribution in [0.4, 0.5) is 0 Å². The van der Waals surface area contributed by atoms with Crippen LogP contribution in [0.3, 0.4) is 0 Å². The lowest BCUT2D eigenvalue weighted by atomic mass is 9.89. The van der Waals surface area contributed by atoms with Crippen molar-refractivity contribution < 1.29 is 9.47 Å². The Morgan fingerprint density at radius 2 is 1.84 bits per heavy atom. The maximum Gasteiger partial charge on any atom is 0.168 e. The molecule has 0 amide bonds. The third-order valence-electron chi connectivity index (χ3n) is 4.99. The van der Waals surface area contributed by atoms with Crippen LogP contribution in [0.5, 0.6) is 0 Å². The van der Waals surface area contributed by atoms with Gasteiger partial charge in [-0.25, -0.2) is 0 Å². The molecule has 1 N–H and O–H groups in total. The molecule has 4 nitrogen and oxygen atoms in total. The normalized spacial score (nSPS) is 33.0. The van der Waals surface area contributed by atoms with E-state index in [4.69, 9.17) is 9.47 Å². The summed E-state index contributed by atoms with van der Waals surface area (Å²) < 4.78 is 11.6. The minimum absolute atomic E-state index is 0.208. The molecule has 0 aromatic rings. The Morgan fingerprint density at radius 1 is 1.11 bits per heavy atom. The molecule has 1 aliphatic carbocycles. The molecule has 1 atom stereocenters. The number of piperidine rings is 1. The average Bonchev–Trinajstić information content (AvgIpc) is 2.90. The highest BCUT2D eigenvalue weighted by atomic mass is 16.7. The van der Waals surface area contributed by atoms with Crippen molar-refractivity contribution in [1.82, 2.24) is 10.2 Å². The summed E-state index contributed by atoms with van der Waals surface area (Å²) in [6.45, 7) is 7.53. The van der Waals surface area contributed by atoms with Crippen LogP contribution in [0.15, 0.2) is 0 Å². The van der Waals surface area contributed by atoms with E-state index in [1.165, 1.54) is 45.3 Å². The smallest absolute Gasteiger partial charge is 0.168 e. The highest BCUT2D eigenvalue weighted by Crippen LogP contribution is 2.35. The summed E-state index contributed by atoms with van der Waals surface area (Å²) in [6, 6.07) is 1.36. The summed E-state index contributed by atoms with van der Waals surface area (Å²) in [4.78, 5) is 2.56. The average molecular weight is 268 g/mol. The topological polar surface area (TPSA) is 33.7 Å². The van der Waals surface area contributed by atoms with Crippen LogP contribution in [0, 0.1) is 0 Å². The lowest BCUT2D eigenvalue weighted by Crippen LogP contribution is -2.51. The van der Waals surface area contributed by atoms with E-state index >= 15 is 0 Å². The second kappa shape index (κ2) is 6.08. The molecule has 0 bridgehead atoms. The molecular formula is C15H28N2O2. The summed E-state index contributed by atoms with van der Waals surface area (Å²) in [7, 11) is 0. The van der Waals surface area contributed by atoms with Crippen molar-refractivity contribution in [2.75, 3.05) is 32.8 Å². The van der Waals surface area contributed by atoms with Crippen LogP contribution in [-0.4, -0.2) is 55.6 Å². The number of nitrogens with one attached hydrogen (secondary N) is 1. The predicted octanol–water partition coefficient (Wildman–Crippen LogP) is 1.75. The summed E-state index contributed by atoms with van der Waals surface area (Å²) >= 11 is 0. The van der Waals surface area contributed by atoms with Gasteiger partial charge in [0.2, 0.25) is 0 Å². The van der Waals surface area contributed by atoms with Crippen LogP contribution in [-0.2, 0) is 9.47 Å². The number of rotatable bonds is 3.